The number of imide groups is 1. The summed E-state index contributed by atoms with van der Waals surface area (Å²) in [5, 5.41) is 0. The Morgan fingerprint density at radius 2 is 1.59 bits per heavy atom. The van der Waals surface area contributed by atoms with Gasteiger partial charge in [0.1, 0.15) is 11.5 Å². The predicted molar refractivity (Wildman–Crippen MR) is 105 cm³/mol. The zero-order valence-corrected chi connectivity index (χ0v) is 15.8. The Kier molecular flexibility index (Phi) is 4.01. The summed E-state index contributed by atoms with van der Waals surface area (Å²) >= 11 is 0. The molecule has 0 N–H and O–H groups in total. The fourth-order valence-corrected chi connectivity index (χ4v) is 4.74. The summed E-state index contributed by atoms with van der Waals surface area (Å²) in [6.45, 7) is 0. The number of hydrogen-bond donors (Lipinski definition) is 0. The number of esters is 1. The number of nitrogens with zero attached hydrogens (tertiary/aromatic N) is 1. The summed E-state index contributed by atoms with van der Waals surface area (Å²) in [5.41, 5.74) is 0.879. The maximum absolute atomic E-state index is 12.9. The lowest BCUT2D eigenvalue weighted by Gasteiger charge is -2.17. The van der Waals surface area contributed by atoms with Gasteiger partial charge in [0.2, 0.25) is 11.8 Å². The molecule has 1 saturated heterocycles. The first kappa shape index (κ1) is 17.7. The molecule has 146 valence electrons. The molecule has 2 aromatic carbocycles. The average molecular weight is 389 g/mol. The van der Waals surface area contributed by atoms with E-state index in [-0.39, 0.29) is 35.5 Å². The zero-order valence-electron chi connectivity index (χ0n) is 15.8. The SMILES string of the molecule is COc1cccc(C(=O)Oc2ccc(N3C(=O)[C@@H]4[C@H](C3=O)[C@H]3C=C[C@H]4C3)cc2)c1. The number of fused-ring (bicyclic) bond motifs is 5. The molecule has 3 aliphatic rings. The minimum Gasteiger partial charge on any atom is -0.497 e. The first-order chi connectivity index (χ1) is 14.1. The van der Waals surface area contributed by atoms with Crippen molar-refractivity contribution in [2.45, 2.75) is 6.42 Å². The van der Waals surface area contributed by atoms with Crippen LogP contribution < -0.4 is 14.4 Å². The van der Waals surface area contributed by atoms with E-state index in [1.807, 2.05) is 0 Å². The molecule has 4 atom stereocenters. The van der Waals surface area contributed by atoms with Crippen molar-refractivity contribution in [2.75, 3.05) is 12.0 Å². The summed E-state index contributed by atoms with van der Waals surface area (Å²) in [6.07, 6.45) is 5.04. The third kappa shape index (κ3) is 2.75. The number of rotatable bonds is 4. The first-order valence-corrected chi connectivity index (χ1v) is 9.59. The van der Waals surface area contributed by atoms with Gasteiger partial charge in [-0.1, -0.05) is 18.2 Å². The van der Waals surface area contributed by atoms with Gasteiger partial charge in [0.25, 0.3) is 0 Å². The maximum Gasteiger partial charge on any atom is 0.343 e. The van der Waals surface area contributed by atoms with Crippen LogP contribution in [0.25, 0.3) is 0 Å². The minimum atomic E-state index is -0.512. The Balaban J connectivity index is 1.32. The second kappa shape index (κ2) is 6.58. The number of methoxy groups -OCH3 is 1. The second-order valence-electron chi connectivity index (χ2n) is 7.63. The number of carbonyl (C=O) groups excluding carboxylic acids is 3. The highest BCUT2D eigenvalue weighted by Gasteiger charge is 2.59. The molecular formula is C23H19NO5. The van der Waals surface area contributed by atoms with E-state index in [0.717, 1.165) is 6.42 Å². The van der Waals surface area contributed by atoms with Gasteiger partial charge in [-0.15, -0.1) is 0 Å². The van der Waals surface area contributed by atoms with Crippen molar-refractivity contribution in [1.29, 1.82) is 0 Å². The molecule has 1 aliphatic heterocycles. The van der Waals surface area contributed by atoms with E-state index in [1.54, 1.807) is 48.5 Å². The van der Waals surface area contributed by atoms with Crippen LogP contribution >= 0.6 is 0 Å². The van der Waals surface area contributed by atoms with E-state index < -0.39 is 5.97 Å². The van der Waals surface area contributed by atoms with Gasteiger partial charge in [-0.05, 0) is 60.7 Å². The standard InChI is InChI=1S/C23H19NO5/c1-28-18-4-2-3-15(12-18)23(27)29-17-9-7-16(8-10-17)24-21(25)19-13-5-6-14(11-13)20(19)22(24)26/h2-10,12-14,19-20H,11H2,1H3/t13-,14-,19-,20+/m0/s1. The molecule has 0 unspecified atom stereocenters. The Labute approximate surface area is 167 Å². The predicted octanol–water partition coefficient (Wildman–Crippen LogP) is 3.23. The number of carbonyl (C=O) groups is 3. The Morgan fingerprint density at radius 1 is 0.931 bits per heavy atom. The normalized spacial score (nSPS) is 26.7. The van der Waals surface area contributed by atoms with E-state index in [4.69, 9.17) is 9.47 Å². The molecule has 1 saturated carbocycles. The highest BCUT2D eigenvalue weighted by molar-refractivity contribution is 6.22. The monoisotopic (exact) mass is 389 g/mol. The summed E-state index contributed by atoms with van der Waals surface area (Å²) in [4.78, 5) is 39.4. The van der Waals surface area contributed by atoms with Crippen molar-refractivity contribution in [1.82, 2.24) is 0 Å². The molecule has 6 nitrogen and oxygen atoms in total. The maximum atomic E-state index is 12.9. The smallest absolute Gasteiger partial charge is 0.343 e. The zero-order chi connectivity index (χ0) is 20.1. The molecule has 29 heavy (non-hydrogen) atoms. The third-order valence-corrected chi connectivity index (χ3v) is 6.08. The van der Waals surface area contributed by atoms with Gasteiger partial charge in [-0.3, -0.25) is 14.5 Å². The molecule has 2 fully saturated rings. The van der Waals surface area contributed by atoms with Gasteiger partial charge in [0.15, 0.2) is 0 Å². The Hall–Kier alpha value is -3.41. The van der Waals surface area contributed by atoms with Crippen LogP contribution in [0.5, 0.6) is 11.5 Å². The molecule has 2 aromatic rings. The number of allylic oxidation sites excluding steroid dienone is 2. The van der Waals surface area contributed by atoms with E-state index in [0.29, 0.717) is 22.7 Å². The van der Waals surface area contributed by atoms with Crippen LogP contribution in [0, 0.1) is 23.7 Å². The van der Waals surface area contributed by atoms with E-state index in [2.05, 4.69) is 12.2 Å². The number of ether oxygens (including phenoxy) is 2. The summed E-state index contributed by atoms with van der Waals surface area (Å²) in [5.74, 6) is 0.0192. The molecule has 0 spiro atoms. The minimum absolute atomic E-state index is 0.127. The molecular weight excluding hydrogens is 370 g/mol. The van der Waals surface area contributed by atoms with Crippen LogP contribution in [0.2, 0.25) is 0 Å². The van der Waals surface area contributed by atoms with Crippen molar-refractivity contribution >= 4 is 23.5 Å². The van der Waals surface area contributed by atoms with Gasteiger partial charge < -0.3 is 9.47 Å². The van der Waals surface area contributed by atoms with Crippen LogP contribution in [0.4, 0.5) is 5.69 Å². The Morgan fingerprint density at radius 3 is 2.21 bits per heavy atom. The van der Waals surface area contributed by atoms with Gasteiger partial charge in [-0.2, -0.15) is 0 Å². The van der Waals surface area contributed by atoms with Gasteiger partial charge in [0.05, 0.1) is 30.2 Å². The molecule has 1 heterocycles. The van der Waals surface area contributed by atoms with Crippen LogP contribution in [-0.4, -0.2) is 24.9 Å². The Bertz CT molecular complexity index is 1010. The van der Waals surface area contributed by atoms with Crippen molar-refractivity contribution in [3.63, 3.8) is 0 Å². The van der Waals surface area contributed by atoms with Crippen molar-refractivity contribution in [3.05, 3.63) is 66.2 Å². The highest BCUT2D eigenvalue weighted by Crippen LogP contribution is 2.53. The lowest BCUT2D eigenvalue weighted by Crippen LogP contribution is -2.32. The lowest BCUT2D eigenvalue weighted by atomic mass is 9.85. The fraction of sp³-hybridized carbons (Fsp3) is 0.261. The molecule has 5 rings (SSSR count). The van der Waals surface area contributed by atoms with Crippen molar-refractivity contribution in [2.24, 2.45) is 23.7 Å². The second-order valence-corrected chi connectivity index (χ2v) is 7.63. The molecule has 2 bridgehead atoms. The highest BCUT2D eigenvalue weighted by atomic mass is 16.5. The van der Waals surface area contributed by atoms with Crippen LogP contribution in [0.15, 0.2) is 60.7 Å². The van der Waals surface area contributed by atoms with E-state index in [9.17, 15) is 14.4 Å². The largest absolute Gasteiger partial charge is 0.497 e. The fourth-order valence-electron chi connectivity index (χ4n) is 4.74. The molecule has 2 aliphatic carbocycles. The van der Waals surface area contributed by atoms with Crippen molar-refractivity contribution in [3.8, 4) is 11.5 Å². The first-order valence-electron chi connectivity index (χ1n) is 9.59. The van der Waals surface area contributed by atoms with Crippen LogP contribution in [0.3, 0.4) is 0 Å². The number of anilines is 1. The summed E-state index contributed by atoms with van der Waals surface area (Å²) in [6, 6.07) is 13.2. The molecule has 6 heteroatoms. The number of benzene rings is 2. The van der Waals surface area contributed by atoms with Crippen LogP contribution in [0.1, 0.15) is 16.8 Å². The number of hydrogen-bond acceptors (Lipinski definition) is 5. The molecule has 0 radical (unpaired) electrons. The topological polar surface area (TPSA) is 72.9 Å². The molecule has 0 aromatic heterocycles. The van der Waals surface area contributed by atoms with Gasteiger partial charge in [0, 0.05) is 0 Å². The van der Waals surface area contributed by atoms with Crippen molar-refractivity contribution < 1.29 is 23.9 Å². The summed E-state index contributed by atoms with van der Waals surface area (Å²) < 4.78 is 10.5. The van der Waals surface area contributed by atoms with E-state index >= 15 is 0 Å². The van der Waals surface area contributed by atoms with Crippen LogP contribution in [-0.2, 0) is 9.59 Å². The van der Waals surface area contributed by atoms with Gasteiger partial charge in [-0.25, -0.2) is 4.79 Å². The molecule has 2 amide bonds. The quantitative estimate of drug-likeness (QED) is 0.347. The number of amides is 2. The summed E-state index contributed by atoms with van der Waals surface area (Å²) in [7, 11) is 1.53. The average Bonchev–Trinajstić information content (AvgIpc) is 3.43. The van der Waals surface area contributed by atoms with Gasteiger partial charge >= 0.3 is 5.97 Å². The third-order valence-electron chi connectivity index (χ3n) is 6.08. The lowest BCUT2D eigenvalue weighted by molar-refractivity contribution is -0.123. The van der Waals surface area contributed by atoms with E-state index in [1.165, 1.54) is 12.0 Å².